The van der Waals surface area contributed by atoms with Gasteiger partial charge < -0.3 is 28.5 Å². The monoisotopic (exact) mass is 640 g/mol. The minimum absolute atomic E-state index is 0. The number of benzene rings is 1. The van der Waals surface area contributed by atoms with Gasteiger partial charge in [0.15, 0.2) is 0 Å². The Morgan fingerprint density at radius 2 is 1.73 bits per heavy atom. The van der Waals surface area contributed by atoms with E-state index in [1.54, 1.807) is 21.3 Å². The first-order chi connectivity index (χ1) is 11.9. The number of unbranched alkanes of at least 4 members (excludes halogenated alkanes) is 1. The van der Waals surface area contributed by atoms with Crippen LogP contribution in [-0.4, -0.2) is 48.8 Å². The van der Waals surface area contributed by atoms with Crippen molar-refractivity contribution in [3.8, 4) is 5.75 Å². The van der Waals surface area contributed by atoms with Gasteiger partial charge in [-0.3, -0.25) is 10.1 Å². The number of nitrogens with one attached hydrogen (secondary N) is 1. The summed E-state index contributed by atoms with van der Waals surface area (Å²) in [5.41, 5.74) is 7.89. The van der Waals surface area contributed by atoms with E-state index in [2.05, 4.69) is 0 Å². The third kappa shape index (κ3) is 5.97. The standard InChI is InChI=1S/C15H25N2O7Si.Rf/c1-20-15-9-12(14(17(18)19)10-13(15)16)11-24-7-5-6-8-25(21-2,22-3)23-4;/h9-10,16H,5-8,11H2,1-4H3;/q-1;. The zero-order chi connectivity index (χ0) is 18.9. The van der Waals surface area contributed by atoms with E-state index in [0.717, 1.165) is 12.8 Å². The van der Waals surface area contributed by atoms with Crippen LogP contribution in [0, 0.1) is 10.1 Å². The van der Waals surface area contributed by atoms with Crippen LogP contribution in [-0.2, 0) is 24.6 Å². The van der Waals surface area contributed by atoms with Crippen LogP contribution in [0.15, 0.2) is 12.1 Å². The first-order valence-electron chi connectivity index (χ1n) is 7.73. The van der Waals surface area contributed by atoms with E-state index in [1.807, 2.05) is 0 Å². The molecule has 0 radical (unpaired) electrons. The number of nitrogens with zero attached hydrogens (tertiary/aromatic N) is 1. The predicted molar refractivity (Wildman–Crippen MR) is 94.1 cm³/mol. The molecule has 1 aromatic carbocycles. The maximum Gasteiger partial charge on any atom is 0.500 e. The van der Waals surface area contributed by atoms with Gasteiger partial charge in [-0.25, -0.2) is 0 Å². The smallest absolute Gasteiger partial charge is 0.500 e. The Bertz CT molecular complexity index is 565. The average molecular weight is 640 g/mol. The van der Waals surface area contributed by atoms with E-state index in [0.29, 0.717) is 18.2 Å². The van der Waals surface area contributed by atoms with Crippen LogP contribution >= 0.6 is 0 Å². The summed E-state index contributed by atoms with van der Waals surface area (Å²) >= 11 is 0. The number of nitro groups is 1. The van der Waals surface area contributed by atoms with Crippen molar-refractivity contribution in [3.63, 3.8) is 0 Å². The van der Waals surface area contributed by atoms with Gasteiger partial charge >= 0.3 is 8.80 Å². The molecule has 26 heavy (non-hydrogen) atoms. The van der Waals surface area contributed by atoms with E-state index in [-0.39, 0.29) is 23.7 Å². The molecule has 0 fully saturated rings. The second-order valence-corrected chi connectivity index (χ2v) is 8.33. The van der Waals surface area contributed by atoms with Crippen LogP contribution in [0.4, 0.5) is 11.4 Å². The Morgan fingerprint density at radius 1 is 1.12 bits per heavy atom. The first kappa shape index (κ1) is 23.3. The van der Waals surface area contributed by atoms with Crippen LogP contribution in [0.5, 0.6) is 5.75 Å². The van der Waals surface area contributed by atoms with Crippen molar-refractivity contribution in [3.05, 3.63) is 33.5 Å². The Labute approximate surface area is 148 Å². The molecule has 0 bridgehead atoms. The summed E-state index contributed by atoms with van der Waals surface area (Å²) in [5.74, 6) is 0.278. The molecule has 9 nitrogen and oxygen atoms in total. The molecule has 1 rings (SSSR count). The summed E-state index contributed by atoms with van der Waals surface area (Å²) in [4.78, 5) is 10.6. The first-order valence-corrected chi connectivity index (χ1v) is 9.66. The van der Waals surface area contributed by atoms with E-state index in [4.69, 9.17) is 28.5 Å². The fourth-order valence-electron chi connectivity index (χ4n) is 2.35. The Hall–Kier alpha value is -2.72. The van der Waals surface area contributed by atoms with Gasteiger partial charge in [-0.2, -0.15) is 0 Å². The SMILES string of the molecule is COc1cc(COCCCC[Si](OC)(OC)OC)c([N+](=O)[O-])cc1[NH-].[Rf]. The normalized spacial score (nSPS) is 11.1. The van der Waals surface area contributed by atoms with Gasteiger partial charge in [0.25, 0.3) is 5.69 Å². The van der Waals surface area contributed by atoms with Crippen LogP contribution in [0.3, 0.4) is 0 Å². The fourth-order valence-corrected chi connectivity index (χ4v) is 4.14. The van der Waals surface area contributed by atoms with Gasteiger partial charge in [-0.15, -0.1) is 0 Å². The number of nitro benzene ring substituents is 1. The second kappa shape index (κ2) is 11.0. The molecule has 0 amide bonds. The molecule has 0 unspecified atom stereocenters. The van der Waals surface area contributed by atoms with Crippen LogP contribution in [0.25, 0.3) is 5.73 Å². The Balaban J connectivity index is 0.00000625. The molecule has 144 valence electrons. The summed E-state index contributed by atoms with van der Waals surface area (Å²) in [6.45, 7) is 0.512. The molecule has 0 aliphatic rings. The number of methoxy groups -OCH3 is 1. The summed E-state index contributed by atoms with van der Waals surface area (Å²) in [5, 5.41) is 11.1. The predicted octanol–water partition coefficient (Wildman–Crippen LogP) is 3.46. The minimum atomic E-state index is -2.57. The van der Waals surface area contributed by atoms with Gasteiger partial charge in [0.05, 0.1) is 24.2 Å². The van der Waals surface area contributed by atoms with Crippen molar-refractivity contribution in [2.75, 3.05) is 35.0 Å². The van der Waals surface area contributed by atoms with Crippen molar-refractivity contribution < 1.29 is 27.7 Å². The molecule has 0 saturated heterocycles. The van der Waals surface area contributed by atoms with Gasteiger partial charge in [0.1, 0.15) is 5.75 Å². The molecule has 1 N–H and O–H groups in total. The van der Waals surface area contributed by atoms with E-state index < -0.39 is 13.7 Å². The van der Waals surface area contributed by atoms with Gasteiger partial charge in [0.2, 0.25) is 0 Å². The summed E-state index contributed by atoms with van der Waals surface area (Å²) in [6.07, 6.45) is 1.53. The molecule has 1 aromatic rings. The largest absolute Gasteiger partial charge is 0.696 e. The van der Waals surface area contributed by atoms with Crippen LogP contribution in [0.2, 0.25) is 6.04 Å². The molecule has 0 aliphatic heterocycles. The molecule has 0 atom stereocenters. The Kier molecular flexibility index (Phi) is 9.85. The zero-order valence-corrected chi connectivity index (χ0v) is 23.1. The van der Waals surface area contributed by atoms with Gasteiger partial charge in [0, 0.05) is 40.0 Å². The topological polar surface area (TPSA) is 113 Å². The van der Waals surface area contributed by atoms with Crippen molar-refractivity contribution in [1.82, 2.24) is 0 Å². The molecular formula is C15H25N2O7RfSi-. The summed E-state index contributed by atoms with van der Waals surface area (Å²) in [7, 11) is 3.55. The molecule has 0 heterocycles. The molecule has 0 spiro atoms. The molecule has 0 aliphatic carbocycles. The summed E-state index contributed by atoms with van der Waals surface area (Å²) in [6, 6.07) is 3.31. The maximum atomic E-state index is 11.1. The van der Waals surface area contributed by atoms with Crippen molar-refractivity contribution in [1.29, 1.82) is 0 Å². The quantitative estimate of drug-likeness (QED) is 0.149. The number of hydrogen-bond donors (Lipinski definition) is 0. The maximum absolute atomic E-state index is 11.1. The van der Waals surface area contributed by atoms with E-state index >= 15 is 0 Å². The third-order valence-electron chi connectivity index (χ3n) is 3.81. The van der Waals surface area contributed by atoms with Gasteiger partial charge in [-0.1, -0.05) is 5.69 Å². The second-order valence-electron chi connectivity index (χ2n) is 5.24. The molecule has 11 heteroatoms. The molecule has 0 aromatic heterocycles. The van der Waals surface area contributed by atoms with E-state index in [1.165, 1.54) is 19.2 Å². The van der Waals surface area contributed by atoms with Crippen molar-refractivity contribution >= 4 is 20.2 Å². The van der Waals surface area contributed by atoms with Crippen LogP contribution in [0.1, 0.15) is 18.4 Å². The van der Waals surface area contributed by atoms with Crippen molar-refractivity contribution in [2.24, 2.45) is 0 Å². The zero-order valence-electron chi connectivity index (χ0n) is 15.7. The average Bonchev–Trinajstić information content (AvgIpc) is 2.62. The van der Waals surface area contributed by atoms with Gasteiger partial charge in [-0.05, 0) is 18.9 Å². The van der Waals surface area contributed by atoms with E-state index in [9.17, 15) is 10.1 Å². The Morgan fingerprint density at radius 3 is 2.23 bits per heavy atom. The number of ether oxygens (including phenoxy) is 2. The minimum Gasteiger partial charge on any atom is -0.696 e. The van der Waals surface area contributed by atoms with Crippen molar-refractivity contribution in [2.45, 2.75) is 25.5 Å². The third-order valence-corrected chi connectivity index (χ3v) is 6.64. The number of hydrogen-bond acceptors (Lipinski definition) is 7. The molecular weight excluding hydrogens is 615 g/mol. The molecule has 0 saturated carbocycles. The fraction of sp³-hybridized carbons (Fsp3) is 0.600. The van der Waals surface area contributed by atoms with Crippen LogP contribution < -0.4 is 4.74 Å². The summed E-state index contributed by atoms with van der Waals surface area (Å²) < 4.78 is 26.6. The number of rotatable bonds is 12.